The second kappa shape index (κ2) is 10.6. The highest BCUT2D eigenvalue weighted by Crippen LogP contribution is 2.48. The van der Waals surface area contributed by atoms with Gasteiger partial charge in [-0.2, -0.15) is 0 Å². The summed E-state index contributed by atoms with van der Waals surface area (Å²) >= 11 is 1.88. The van der Waals surface area contributed by atoms with Crippen molar-refractivity contribution in [1.82, 2.24) is 0 Å². The number of rotatable bonds is 4. The SMILES string of the molecule is c1ccc(-c2ccccc2-c2c3ccccc3c(-c3ccccc3-c3ccc4c(c3)sc3ccccc34)c3ccccc23)cc1. The van der Waals surface area contributed by atoms with E-state index < -0.39 is 0 Å². The Kier molecular flexibility index (Phi) is 6.11. The Morgan fingerprint density at radius 1 is 0.267 bits per heavy atom. The normalized spacial score (nSPS) is 11.6. The van der Waals surface area contributed by atoms with Crippen molar-refractivity contribution >= 4 is 53.1 Å². The van der Waals surface area contributed by atoms with E-state index in [9.17, 15) is 0 Å². The second-order valence-corrected chi connectivity index (χ2v) is 12.7. The molecule has 0 unspecified atom stereocenters. The number of benzene rings is 8. The molecule has 0 saturated carbocycles. The van der Waals surface area contributed by atoms with E-state index in [0.29, 0.717) is 0 Å². The Hall–Kier alpha value is -5.50. The van der Waals surface area contributed by atoms with E-state index in [1.807, 2.05) is 11.3 Å². The Morgan fingerprint density at radius 2 is 0.689 bits per heavy atom. The highest BCUT2D eigenvalue weighted by atomic mass is 32.1. The maximum absolute atomic E-state index is 2.38. The first-order chi connectivity index (χ1) is 22.3. The fourth-order valence-electron chi connectivity index (χ4n) is 7.13. The van der Waals surface area contributed by atoms with Gasteiger partial charge in [0.15, 0.2) is 0 Å². The first-order valence-corrected chi connectivity index (χ1v) is 16.3. The molecule has 1 aromatic heterocycles. The quantitative estimate of drug-likeness (QED) is 0.179. The van der Waals surface area contributed by atoms with Gasteiger partial charge in [0.05, 0.1) is 0 Å². The lowest BCUT2D eigenvalue weighted by molar-refractivity contribution is 1.60. The number of thiophene rings is 1. The maximum atomic E-state index is 2.38. The minimum atomic E-state index is 1.23. The summed E-state index contributed by atoms with van der Waals surface area (Å²) in [6, 6.07) is 62.2. The van der Waals surface area contributed by atoms with E-state index in [1.54, 1.807) is 0 Å². The Labute approximate surface area is 266 Å². The fourth-order valence-corrected chi connectivity index (χ4v) is 8.27. The van der Waals surface area contributed by atoms with E-state index in [2.05, 4.69) is 170 Å². The van der Waals surface area contributed by atoms with Gasteiger partial charge in [-0.25, -0.2) is 0 Å². The molecule has 9 aromatic rings. The molecule has 0 bridgehead atoms. The van der Waals surface area contributed by atoms with Crippen LogP contribution in [0.4, 0.5) is 0 Å². The monoisotopic (exact) mass is 588 g/mol. The van der Waals surface area contributed by atoms with Crippen molar-refractivity contribution in [1.29, 1.82) is 0 Å². The van der Waals surface area contributed by atoms with Gasteiger partial charge in [0, 0.05) is 20.2 Å². The third-order valence-electron chi connectivity index (χ3n) is 9.10. The van der Waals surface area contributed by atoms with E-state index in [0.717, 1.165) is 0 Å². The van der Waals surface area contributed by atoms with Crippen molar-refractivity contribution in [2.45, 2.75) is 0 Å². The zero-order valence-electron chi connectivity index (χ0n) is 24.6. The van der Waals surface area contributed by atoms with Crippen LogP contribution in [0.2, 0.25) is 0 Å². The molecule has 1 heteroatoms. The van der Waals surface area contributed by atoms with Crippen LogP contribution in [0, 0.1) is 0 Å². The van der Waals surface area contributed by atoms with Crippen LogP contribution in [0.15, 0.2) is 170 Å². The molecule has 9 rings (SSSR count). The lowest BCUT2D eigenvalue weighted by Gasteiger charge is -2.21. The Bertz CT molecular complexity index is 2480. The molecule has 210 valence electrons. The van der Waals surface area contributed by atoms with Crippen molar-refractivity contribution in [3.05, 3.63) is 170 Å². The van der Waals surface area contributed by atoms with Crippen LogP contribution in [0.5, 0.6) is 0 Å². The van der Waals surface area contributed by atoms with Gasteiger partial charge in [-0.15, -0.1) is 11.3 Å². The van der Waals surface area contributed by atoms with Crippen LogP contribution in [0.3, 0.4) is 0 Å². The van der Waals surface area contributed by atoms with Crippen LogP contribution >= 0.6 is 11.3 Å². The highest BCUT2D eigenvalue weighted by molar-refractivity contribution is 7.25. The zero-order valence-corrected chi connectivity index (χ0v) is 25.4. The molecule has 45 heavy (non-hydrogen) atoms. The van der Waals surface area contributed by atoms with Gasteiger partial charge in [0.25, 0.3) is 0 Å². The smallest absolute Gasteiger partial charge is 0.0361 e. The molecule has 0 aliphatic heterocycles. The molecule has 0 amide bonds. The predicted octanol–water partition coefficient (Wildman–Crippen LogP) is 13.0. The Morgan fingerprint density at radius 3 is 1.27 bits per heavy atom. The van der Waals surface area contributed by atoms with Crippen molar-refractivity contribution in [2.24, 2.45) is 0 Å². The third-order valence-corrected chi connectivity index (χ3v) is 10.2. The lowest BCUT2D eigenvalue weighted by Crippen LogP contribution is -1.94. The first-order valence-electron chi connectivity index (χ1n) is 15.4. The minimum Gasteiger partial charge on any atom is -0.135 e. The van der Waals surface area contributed by atoms with Gasteiger partial charge >= 0.3 is 0 Å². The van der Waals surface area contributed by atoms with Crippen LogP contribution in [-0.2, 0) is 0 Å². The average molecular weight is 589 g/mol. The molecular formula is C44H28S. The van der Waals surface area contributed by atoms with Crippen molar-refractivity contribution in [2.75, 3.05) is 0 Å². The van der Waals surface area contributed by atoms with Gasteiger partial charge in [-0.05, 0) is 78.2 Å². The summed E-state index contributed by atoms with van der Waals surface area (Å²) in [6.45, 7) is 0. The lowest BCUT2D eigenvalue weighted by atomic mass is 9.82. The van der Waals surface area contributed by atoms with Crippen molar-refractivity contribution in [3.63, 3.8) is 0 Å². The summed E-state index contributed by atoms with van der Waals surface area (Å²) in [5, 5.41) is 7.73. The average Bonchev–Trinajstić information content (AvgIpc) is 3.49. The van der Waals surface area contributed by atoms with E-state index in [-0.39, 0.29) is 0 Å². The molecule has 0 fully saturated rings. The van der Waals surface area contributed by atoms with Crippen LogP contribution in [-0.4, -0.2) is 0 Å². The molecule has 0 atom stereocenters. The number of hydrogen-bond acceptors (Lipinski definition) is 1. The minimum absolute atomic E-state index is 1.23. The van der Waals surface area contributed by atoms with Crippen molar-refractivity contribution in [3.8, 4) is 44.5 Å². The van der Waals surface area contributed by atoms with Crippen LogP contribution < -0.4 is 0 Å². The first kappa shape index (κ1) is 25.9. The second-order valence-electron chi connectivity index (χ2n) is 11.6. The molecule has 0 spiro atoms. The van der Waals surface area contributed by atoms with Gasteiger partial charge in [0.1, 0.15) is 0 Å². The summed E-state index contributed by atoms with van der Waals surface area (Å²) in [7, 11) is 0. The van der Waals surface area contributed by atoms with Gasteiger partial charge < -0.3 is 0 Å². The topological polar surface area (TPSA) is 0 Å². The maximum Gasteiger partial charge on any atom is 0.0361 e. The van der Waals surface area contributed by atoms with E-state index >= 15 is 0 Å². The molecule has 8 aromatic carbocycles. The molecule has 0 saturated heterocycles. The summed E-state index contributed by atoms with van der Waals surface area (Å²) in [5.74, 6) is 0. The highest BCUT2D eigenvalue weighted by Gasteiger charge is 2.20. The van der Waals surface area contributed by atoms with E-state index in [4.69, 9.17) is 0 Å². The number of fused-ring (bicyclic) bond motifs is 5. The molecule has 0 aliphatic carbocycles. The Balaban J connectivity index is 1.34. The third kappa shape index (κ3) is 4.20. The molecular weight excluding hydrogens is 561 g/mol. The fraction of sp³-hybridized carbons (Fsp3) is 0. The molecule has 0 N–H and O–H groups in total. The molecule has 0 radical (unpaired) electrons. The summed E-state index contributed by atoms with van der Waals surface area (Å²) in [6.07, 6.45) is 0. The van der Waals surface area contributed by atoms with Crippen LogP contribution in [0.1, 0.15) is 0 Å². The largest absolute Gasteiger partial charge is 0.135 e. The molecule has 0 nitrogen and oxygen atoms in total. The summed E-state index contributed by atoms with van der Waals surface area (Å²) in [5.41, 5.74) is 10.1. The van der Waals surface area contributed by atoms with E-state index in [1.165, 1.54) is 86.2 Å². The molecule has 0 aliphatic rings. The predicted molar refractivity (Wildman–Crippen MR) is 196 cm³/mol. The van der Waals surface area contributed by atoms with Gasteiger partial charge in [-0.3, -0.25) is 0 Å². The van der Waals surface area contributed by atoms with Gasteiger partial charge in [-0.1, -0.05) is 158 Å². The summed E-state index contributed by atoms with van der Waals surface area (Å²) < 4.78 is 2.66. The van der Waals surface area contributed by atoms with Crippen LogP contribution in [0.25, 0.3) is 86.2 Å². The summed E-state index contributed by atoms with van der Waals surface area (Å²) in [4.78, 5) is 0. The molecule has 1 heterocycles. The van der Waals surface area contributed by atoms with Crippen molar-refractivity contribution < 1.29 is 0 Å². The number of hydrogen-bond donors (Lipinski definition) is 0. The zero-order chi connectivity index (χ0) is 29.7. The standard InChI is InChI=1S/C44H28S/c1-2-14-29(15-3-1)31-16-4-6-19-35(31)43-37-21-8-10-23-39(37)44(40-24-11-9-22-38(40)43)36-20-7-5-17-32(36)30-26-27-34-33-18-12-13-25-41(33)45-42(34)28-30/h1-28H. The van der Waals surface area contributed by atoms with Gasteiger partial charge in [0.2, 0.25) is 0 Å².